The first-order valence-corrected chi connectivity index (χ1v) is 6.34. The van der Waals surface area contributed by atoms with Crippen LogP contribution in [0.2, 0.25) is 0 Å². The molecule has 0 bridgehead atoms. The molecule has 0 radical (unpaired) electrons. The van der Waals surface area contributed by atoms with Gasteiger partial charge in [0.2, 0.25) is 0 Å². The van der Waals surface area contributed by atoms with E-state index in [-0.39, 0.29) is 0 Å². The number of rotatable bonds is 3. The van der Waals surface area contributed by atoms with Gasteiger partial charge >= 0.3 is 0 Å². The summed E-state index contributed by atoms with van der Waals surface area (Å²) in [7, 11) is 2.16. The van der Waals surface area contributed by atoms with Crippen LogP contribution < -0.4 is 5.43 Å². The number of aromatic nitrogens is 2. The van der Waals surface area contributed by atoms with Crippen molar-refractivity contribution in [1.82, 2.24) is 19.9 Å². The molecule has 1 aliphatic heterocycles. The van der Waals surface area contributed by atoms with Gasteiger partial charge in [0.1, 0.15) is 11.6 Å². The zero-order valence-electron chi connectivity index (χ0n) is 10.3. The van der Waals surface area contributed by atoms with Gasteiger partial charge in [0.05, 0.1) is 0 Å². The summed E-state index contributed by atoms with van der Waals surface area (Å²) < 4.78 is 0. The van der Waals surface area contributed by atoms with E-state index in [1.807, 2.05) is 12.3 Å². The van der Waals surface area contributed by atoms with Crippen LogP contribution >= 0.6 is 0 Å². The molecule has 1 saturated carbocycles. The molecular formula is C12H19N5. The van der Waals surface area contributed by atoms with Gasteiger partial charge in [0.15, 0.2) is 0 Å². The van der Waals surface area contributed by atoms with Crippen molar-refractivity contribution in [3.05, 3.63) is 18.1 Å². The maximum atomic E-state index is 4.57. The molecule has 2 heterocycles. The molecule has 0 atom stereocenters. The van der Waals surface area contributed by atoms with E-state index in [1.54, 1.807) is 0 Å². The van der Waals surface area contributed by atoms with E-state index in [1.165, 1.54) is 12.8 Å². The molecular weight excluding hydrogens is 214 g/mol. The summed E-state index contributed by atoms with van der Waals surface area (Å²) in [6.45, 7) is 4.29. The molecule has 1 aromatic rings. The second-order valence-corrected chi connectivity index (χ2v) is 4.98. The summed E-state index contributed by atoms with van der Waals surface area (Å²) in [4.78, 5) is 11.2. The lowest BCUT2D eigenvalue weighted by Crippen LogP contribution is -2.47. The SMILES string of the molecule is CN1CCN(Nc2ccnc(C3CC3)n2)CC1. The fourth-order valence-electron chi connectivity index (χ4n) is 2.05. The van der Waals surface area contributed by atoms with Crippen molar-refractivity contribution in [3.8, 4) is 0 Å². The number of nitrogens with zero attached hydrogens (tertiary/aromatic N) is 4. The van der Waals surface area contributed by atoms with Crippen molar-refractivity contribution >= 4 is 5.82 Å². The Morgan fingerprint density at radius 1 is 1.24 bits per heavy atom. The predicted octanol–water partition coefficient (Wildman–Crippen LogP) is 0.928. The third kappa shape index (κ3) is 2.73. The topological polar surface area (TPSA) is 44.3 Å². The van der Waals surface area contributed by atoms with Gasteiger partial charge in [0.25, 0.3) is 0 Å². The molecule has 5 nitrogen and oxygen atoms in total. The zero-order valence-corrected chi connectivity index (χ0v) is 10.3. The minimum atomic E-state index is 0.615. The Morgan fingerprint density at radius 3 is 2.71 bits per heavy atom. The van der Waals surface area contributed by atoms with Gasteiger partial charge in [-0.1, -0.05) is 0 Å². The Morgan fingerprint density at radius 2 is 2.00 bits per heavy atom. The second-order valence-electron chi connectivity index (χ2n) is 4.98. The van der Waals surface area contributed by atoms with Crippen LogP contribution in [0.15, 0.2) is 12.3 Å². The van der Waals surface area contributed by atoms with Crippen LogP contribution in [0.1, 0.15) is 24.6 Å². The first-order valence-electron chi connectivity index (χ1n) is 6.34. The number of nitrogens with one attached hydrogen (secondary N) is 1. The highest BCUT2D eigenvalue weighted by molar-refractivity contribution is 5.32. The number of hydrogen-bond donors (Lipinski definition) is 1. The first-order chi connectivity index (χ1) is 8.31. The normalized spacial score (nSPS) is 22.6. The van der Waals surface area contributed by atoms with E-state index in [2.05, 4.69) is 32.4 Å². The van der Waals surface area contributed by atoms with Crippen LogP contribution in [0, 0.1) is 0 Å². The number of piperazine rings is 1. The van der Waals surface area contributed by atoms with Crippen LogP contribution in [0.3, 0.4) is 0 Å². The van der Waals surface area contributed by atoms with Crippen LogP contribution in [0.4, 0.5) is 5.82 Å². The lowest BCUT2D eigenvalue weighted by atomic mass is 10.4. The summed E-state index contributed by atoms with van der Waals surface area (Å²) in [5, 5.41) is 2.24. The summed E-state index contributed by atoms with van der Waals surface area (Å²) in [6.07, 6.45) is 4.36. The molecule has 3 rings (SSSR count). The molecule has 1 aromatic heterocycles. The zero-order chi connectivity index (χ0) is 11.7. The van der Waals surface area contributed by atoms with Crippen molar-refractivity contribution in [1.29, 1.82) is 0 Å². The lowest BCUT2D eigenvalue weighted by Gasteiger charge is -2.32. The summed E-state index contributed by atoms with van der Waals surface area (Å²) in [5.74, 6) is 2.56. The van der Waals surface area contributed by atoms with Crippen LogP contribution in [-0.4, -0.2) is 53.1 Å². The van der Waals surface area contributed by atoms with Gasteiger partial charge in [-0.3, -0.25) is 0 Å². The molecule has 2 aliphatic rings. The minimum Gasteiger partial charge on any atom is -0.304 e. The summed E-state index contributed by atoms with van der Waals surface area (Å²) >= 11 is 0. The van der Waals surface area contributed by atoms with Gasteiger partial charge in [-0.15, -0.1) is 0 Å². The molecule has 2 fully saturated rings. The van der Waals surface area contributed by atoms with E-state index >= 15 is 0 Å². The largest absolute Gasteiger partial charge is 0.304 e. The molecule has 0 spiro atoms. The monoisotopic (exact) mass is 233 g/mol. The van der Waals surface area contributed by atoms with Gasteiger partial charge < -0.3 is 10.3 Å². The second kappa shape index (κ2) is 4.58. The Balaban J connectivity index is 1.62. The maximum Gasteiger partial charge on any atom is 0.144 e. The highest BCUT2D eigenvalue weighted by Crippen LogP contribution is 2.38. The predicted molar refractivity (Wildman–Crippen MR) is 66.7 cm³/mol. The summed E-state index contributed by atoms with van der Waals surface area (Å²) in [5.41, 5.74) is 3.38. The Bertz CT molecular complexity index is 382. The fraction of sp³-hybridized carbons (Fsp3) is 0.667. The van der Waals surface area contributed by atoms with Crippen molar-refractivity contribution in [3.63, 3.8) is 0 Å². The molecule has 1 aliphatic carbocycles. The number of hydrazine groups is 1. The summed E-state index contributed by atoms with van der Waals surface area (Å²) in [6, 6.07) is 1.95. The van der Waals surface area contributed by atoms with E-state index in [9.17, 15) is 0 Å². The fourth-order valence-corrected chi connectivity index (χ4v) is 2.05. The van der Waals surface area contributed by atoms with Gasteiger partial charge in [0, 0.05) is 44.4 Å². The van der Waals surface area contributed by atoms with Crippen molar-refractivity contribution in [2.45, 2.75) is 18.8 Å². The molecule has 0 aromatic carbocycles. The Hall–Kier alpha value is -1.20. The third-order valence-corrected chi connectivity index (χ3v) is 3.39. The molecule has 1 saturated heterocycles. The lowest BCUT2D eigenvalue weighted by molar-refractivity contribution is 0.178. The molecule has 5 heteroatoms. The van der Waals surface area contributed by atoms with E-state index in [4.69, 9.17) is 0 Å². The van der Waals surface area contributed by atoms with Gasteiger partial charge in [-0.2, -0.15) is 0 Å². The van der Waals surface area contributed by atoms with Crippen LogP contribution in [-0.2, 0) is 0 Å². The van der Waals surface area contributed by atoms with Crippen molar-refractivity contribution < 1.29 is 0 Å². The average molecular weight is 233 g/mol. The van der Waals surface area contributed by atoms with Crippen LogP contribution in [0.25, 0.3) is 0 Å². The minimum absolute atomic E-state index is 0.615. The third-order valence-electron chi connectivity index (χ3n) is 3.39. The average Bonchev–Trinajstić information content (AvgIpc) is 3.17. The number of anilines is 1. The van der Waals surface area contributed by atoms with Crippen molar-refractivity contribution in [2.75, 3.05) is 38.7 Å². The van der Waals surface area contributed by atoms with Crippen LogP contribution in [0.5, 0.6) is 0 Å². The number of hydrogen-bond acceptors (Lipinski definition) is 5. The van der Waals surface area contributed by atoms with E-state index in [0.29, 0.717) is 5.92 Å². The molecule has 0 amide bonds. The van der Waals surface area contributed by atoms with Gasteiger partial charge in [-0.25, -0.2) is 15.0 Å². The molecule has 92 valence electrons. The molecule has 1 N–H and O–H groups in total. The standard InChI is InChI=1S/C12H19N5/c1-16-6-8-17(9-7-16)15-11-4-5-13-12(14-11)10-2-3-10/h4-5,10H,2-3,6-9H2,1H3,(H,13,14,15). The van der Waals surface area contributed by atoms with E-state index in [0.717, 1.165) is 37.8 Å². The highest BCUT2D eigenvalue weighted by atomic mass is 15.5. The first kappa shape index (κ1) is 10.9. The molecule has 17 heavy (non-hydrogen) atoms. The Kier molecular flexibility index (Phi) is 2.94. The quantitative estimate of drug-likeness (QED) is 0.841. The molecule has 0 unspecified atom stereocenters. The number of likely N-dealkylation sites (N-methyl/N-ethyl adjacent to an activating group) is 1. The van der Waals surface area contributed by atoms with E-state index < -0.39 is 0 Å². The van der Waals surface area contributed by atoms with Gasteiger partial charge in [-0.05, 0) is 19.9 Å². The Labute approximate surface area is 102 Å². The smallest absolute Gasteiger partial charge is 0.144 e. The highest BCUT2D eigenvalue weighted by Gasteiger charge is 2.26. The maximum absolute atomic E-state index is 4.57. The van der Waals surface area contributed by atoms with Crippen molar-refractivity contribution in [2.24, 2.45) is 0 Å².